The van der Waals surface area contributed by atoms with Gasteiger partial charge in [0.2, 0.25) is 10.0 Å². The number of nitrogens with zero attached hydrogens (tertiary/aromatic N) is 2. The highest BCUT2D eigenvalue weighted by Crippen LogP contribution is 2.31. The van der Waals surface area contributed by atoms with Crippen molar-refractivity contribution in [3.63, 3.8) is 0 Å². The van der Waals surface area contributed by atoms with Crippen LogP contribution in [0.4, 0.5) is 5.82 Å². The van der Waals surface area contributed by atoms with E-state index in [0.29, 0.717) is 12.2 Å². The Kier molecular flexibility index (Phi) is 4.92. The van der Waals surface area contributed by atoms with Crippen molar-refractivity contribution in [2.24, 2.45) is 0 Å². The molecule has 0 spiro atoms. The van der Waals surface area contributed by atoms with Gasteiger partial charge in [0, 0.05) is 18.2 Å². The maximum Gasteiger partial charge on any atom is 0.252 e. The van der Waals surface area contributed by atoms with Crippen LogP contribution < -0.4 is 5.32 Å². The summed E-state index contributed by atoms with van der Waals surface area (Å²) in [5, 5.41) is 6.12. The first-order valence-corrected chi connectivity index (χ1v) is 9.69. The van der Waals surface area contributed by atoms with E-state index in [0.717, 1.165) is 10.7 Å². The summed E-state index contributed by atoms with van der Waals surface area (Å²) in [4.78, 5) is 25.6. The van der Waals surface area contributed by atoms with Gasteiger partial charge in [0.25, 0.3) is 5.91 Å². The van der Waals surface area contributed by atoms with Gasteiger partial charge in [-0.15, -0.1) is 0 Å². The van der Waals surface area contributed by atoms with Gasteiger partial charge in [0.1, 0.15) is 5.76 Å². The highest BCUT2D eigenvalue weighted by molar-refractivity contribution is 7.89. The molecule has 3 rings (SSSR count). The van der Waals surface area contributed by atoms with Crippen molar-refractivity contribution in [3.8, 4) is 0 Å². The number of unbranched alkanes of at least 4 members (excludes halogenated alkanes) is 1. The number of sulfonamides is 1. The van der Waals surface area contributed by atoms with E-state index in [9.17, 15) is 18.0 Å². The van der Waals surface area contributed by atoms with E-state index in [1.165, 1.54) is 18.2 Å². The Balaban J connectivity index is 2.03. The second kappa shape index (κ2) is 7.00. The normalized spacial score (nSPS) is 19.2. The van der Waals surface area contributed by atoms with Crippen molar-refractivity contribution in [1.82, 2.24) is 9.46 Å². The molecule has 0 unspecified atom stereocenters. The first-order chi connectivity index (χ1) is 12.4. The zero-order valence-corrected chi connectivity index (χ0v) is 15.2. The van der Waals surface area contributed by atoms with Crippen molar-refractivity contribution in [1.29, 1.82) is 0 Å². The number of carbonyl (C=O) groups is 2. The standard InChI is InChI=1S/C17H19N3O5S/c1-3-4-9-20-15(17(22)18-14-10-11(2)25-19-14)16(21)12-7-5-6-8-13(12)26(20,23)24/h5-8,10,15H,3-4,9H2,1-2H3,(H,18,19,22)/t15-/m1/s1. The lowest BCUT2D eigenvalue weighted by Gasteiger charge is -2.33. The molecule has 8 nitrogen and oxygen atoms in total. The van der Waals surface area contributed by atoms with E-state index in [1.807, 2.05) is 6.92 Å². The first kappa shape index (κ1) is 18.3. The predicted octanol–water partition coefficient (Wildman–Crippen LogP) is 1.98. The van der Waals surface area contributed by atoms with Crippen molar-refractivity contribution >= 4 is 27.5 Å². The molecule has 1 aromatic carbocycles. The van der Waals surface area contributed by atoms with Crippen LogP contribution in [0.3, 0.4) is 0 Å². The number of Topliss-reactive ketones (excluding diaryl/α,β-unsaturated/α-hetero) is 1. The number of fused-ring (bicyclic) bond motifs is 1. The average Bonchev–Trinajstić information content (AvgIpc) is 3.01. The van der Waals surface area contributed by atoms with Crippen LogP contribution in [0, 0.1) is 6.92 Å². The molecule has 0 saturated heterocycles. The van der Waals surface area contributed by atoms with Gasteiger partial charge >= 0.3 is 0 Å². The maximum absolute atomic E-state index is 13.0. The van der Waals surface area contributed by atoms with E-state index in [2.05, 4.69) is 10.5 Å². The summed E-state index contributed by atoms with van der Waals surface area (Å²) in [5.41, 5.74) is 0.0248. The molecule has 1 atom stereocenters. The molecule has 1 aliphatic heterocycles. The molecule has 1 aliphatic rings. The van der Waals surface area contributed by atoms with Crippen molar-refractivity contribution in [2.45, 2.75) is 37.6 Å². The zero-order valence-electron chi connectivity index (χ0n) is 14.4. The Bertz CT molecular complexity index is 951. The second-order valence-corrected chi connectivity index (χ2v) is 7.90. The minimum atomic E-state index is -3.96. The molecule has 1 N–H and O–H groups in total. The minimum absolute atomic E-state index is 0.0248. The summed E-state index contributed by atoms with van der Waals surface area (Å²) in [6.07, 6.45) is 1.25. The van der Waals surface area contributed by atoms with Gasteiger partial charge in [-0.2, -0.15) is 4.31 Å². The van der Waals surface area contributed by atoms with Crippen LogP contribution in [0.1, 0.15) is 35.9 Å². The fourth-order valence-corrected chi connectivity index (χ4v) is 4.66. The number of amides is 1. The summed E-state index contributed by atoms with van der Waals surface area (Å²) in [6, 6.07) is 5.95. The Morgan fingerprint density at radius 1 is 1.35 bits per heavy atom. The molecule has 0 aliphatic carbocycles. The van der Waals surface area contributed by atoms with E-state index in [-0.39, 0.29) is 22.8 Å². The summed E-state index contributed by atoms with van der Waals surface area (Å²) in [7, 11) is -3.96. The fourth-order valence-electron chi connectivity index (χ4n) is 2.87. The Labute approximate surface area is 151 Å². The number of anilines is 1. The van der Waals surface area contributed by atoms with Crippen LogP contribution in [0.2, 0.25) is 0 Å². The molecular weight excluding hydrogens is 358 g/mol. The molecule has 138 valence electrons. The van der Waals surface area contributed by atoms with Gasteiger partial charge in [-0.3, -0.25) is 9.59 Å². The third-order valence-corrected chi connectivity index (χ3v) is 6.06. The summed E-state index contributed by atoms with van der Waals surface area (Å²) < 4.78 is 31.8. The number of hydrogen-bond donors (Lipinski definition) is 1. The van der Waals surface area contributed by atoms with Crippen LogP contribution in [0.25, 0.3) is 0 Å². The molecule has 1 aromatic heterocycles. The first-order valence-electron chi connectivity index (χ1n) is 8.25. The monoisotopic (exact) mass is 377 g/mol. The van der Waals surface area contributed by atoms with Gasteiger partial charge in [-0.05, 0) is 25.5 Å². The number of carbonyl (C=O) groups excluding carboxylic acids is 2. The molecule has 0 fully saturated rings. The molecule has 9 heteroatoms. The topological polar surface area (TPSA) is 110 Å². The lowest BCUT2D eigenvalue weighted by Crippen LogP contribution is -2.55. The van der Waals surface area contributed by atoms with Gasteiger partial charge in [-0.25, -0.2) is 8.42 Å². The SMILES string of the molecule is CCCCN1[C@@H](C(=O)Nc2cc(C)on2)C(=O)c2ccccc2S1(=O)=O. The minimum Gasteiger partial charge on any atom is -0.360 e. The molecule has 1 amide bonds. The Morgan fingerprint density at radius 3 is 2.73 bits per heavy atom. The summed E-state index contributed by atoms with van der Waals surface area (Å²) in [5.74, 6) is -0.690. The predicted molar refractivity (Wildman–Crippen MR) is 93.2 cm³/mol. The smallest absolute Gasteiger partial charge is 0.252 e. The Morgan fingerprint density at radius 2 is 2.08 bits per heavy atom. The molecule has 2 heterocycles. The number of aryl methyl sites for hydroxylation is 1. The summed E-state index contributed by atoms with van der Waals surface area (Å²) >= 11 is 0. The number of benzene rings is 1. The third-order valence-electron chi connectivity index (χ3n) is 4.14. The van der Waals surface area contributed by atoms with E-state index in [1.54, 1.807) is 19.1 Å². The van der Waals surface area contributed by atoms with Crippen LogP contribution in [0.15, 0.2) is 39.8 Å². The second-order valence-electron chi connectivity index (χ2n) is 6.04. The number of rotatable bonds is 5. The fraction of sp³-hybridized carbons (Fsp3) is 0.353. The zero-order chi connectivity index (χ0) is 18.9. The molecule has 0 saturated carbocycles. The largest absolute Gasteiger partial charge is 0.360 e. The van der Waals surface area contributed by atoms with Crippen molar-refractivity contribution in [3.05, 3.63) is 41.7 Å². The lowest BCUT2D eigenvalue weighted by atomic mass is 10.0. The summed E-state index contributed by atoms with van der Waals surface area (Å²) in [6.45, 7) is 3.64. The van der Waals surface area contributed by atoms with E-state index >= 15 is 0 Å². The van der Waals surface area contributed by atoms with Crippen LogP contribution >= 0.6 is 0 Å². The van der Waals surface area contributed by atoms with Gasteiger partial charge in [-0.1, -0.05) is 30.6 Å². The molecule has 2 aromatic rings. The number of nitrogens with one attached hydrogen (secondary N) is 1. The van der Waals surface area contributed by atoms with Crippen molar-refractivity contribution < 1.29 is 22.5 Å². The van der Waals surface area contributed by atoms with Gasteiger partial charge in [0.15, 0.2) is 17.6 Å². The molecule has 0 radical (unpaired) electrons. The lowest BCUT2D eigenvalue weighted by molar-refractivity contribution is -0.118. The van der Waals surface area contributed by atoms with Crippen LogP contribution in [-0.2, 0) is 14.8 Å². The van der Waals surface area contributed by atoms with E-state index < -0.39 is 27.8 Å². The maximum atomic E-state index is 13.0. The Hall–Kier alpha value is -2.52. The number of aromatic nitrogens is 1. The molecule has 0 bridgehead atoms. The molecule has 26 heavy (non-hydrogen) atoms. The highest BCUT2D eigenvalue weighted by Gasteiger charge is 2.47. The van der Waals surface area contributed by atoms with E-state index in [4.69, 9.17) is 4.52 Å². The van der Waals surface area contributed by atoms with Gasteiger partial charge in [0.05, 0.1) is 4.90 Å². The van der Waals surface area contributed by atoms with Crippen molar-refractivity contribution in [2.75, 3.05) is 11.9 Å². The molecular formula is C17H19N3O5S. The highest BCUT2D eigenvalue weighted by atomic mass is 32.2. The number of ketones is 1. The average molecular weight is 377 g/mol. The van der Waals surface area contributed by atoms with Crippen LogP contribution in [-0.4, -0.2) is 42.2 Å². The van der Waals surface area contributed by atoms with Gasteiger partial charge < -0.3 is 9.84 Å². The van der Waals surface area contributed by atoms with Crippen LogP contribution in [0.5, 0.6) is 0 Å². The third kappa shape index (κ3) is 3.15. The quantitative estimate of drug-likeness (QED) is 0.798. The number of hydrogen-bond acceptors (Lipinski definition) is 6.